The first-order valence-corrected chi connectivity index (χ1v) is 9.25. The molecule has 0 N–H and O–H groups in total. The van der Waals surface area contributed by atoms with Crippen molar-refractivity contribution in [1.82, 2.24) is 14.8 Å². The lowest BCUT2D eigenvalue weighted by atomic mass is 10.0. The molecule has 1 aliphatic rings. The number of pyridine rings is 1. The van der Waals surface area contributed by atoms with E-state index in [9.17, 15) is 4.79 Å². The summed E-state index contributed by atoms with van der Waals surface area (Å²) in [6.45, 7) is 6.21. The third-order valence-corrected chi connectivity index (χ3v) is 4.95. The molecule has 0 saturated carbocycles. The van der Waals surface area contributed by atoms with Crippen LogP contribution >= 0.6 is 0 Å². The summed E-state index contributed by atoms with van der Waals surface area (Å²) in [6.07, 6.45) is 3.44. The lowest BCUT2D eigenvalue weighted by Crippen LogP contribution is -2.47. The van der Waals surface area contributed by atoms with Gasteiger partial charge in [0.05, 0.1) is 26.5 Å². The van der Waals surface area contributed by atoms with Gasteiger partial charge in [-0.2, -0.15) is 0 Å². The van der Waals surface area contributed by atoms with Gasteiger partial charge in [0.2, 0.25) is 0 Å². The smallest absolute Gasteiger partial charge is 0.253 e. The molecule has 1 amide bonds. The molecule has 3 rings (SSSR count). The molecule has 1 aliphatic heterocycles. The molecule has 0 spiro atoms. The minimum absolute atomic E-state index is 0.0211. The molecule has 1 saturated heterocycles. The standard InChI is InChI=1S/C21H27N3O3/c1-16(24-7-9-27-10-8-24)15-23(2)21(25)18-6-4-5-17(11-18)19-12-20(26-3)14-22-13-19/h4-6,11-14,16H,7-10,15H2,1-3H3/t16-/m0/s1. The van der Waals surface area contributed by atoms with Crippen LogP contribution in [0.3, 0.4) is 0 Å². The fraction of sp³-hybridized carbons (Fsp3) is 0.429. The summed E-state index contributed by atoms with van der Waals surface area (Å²) in [5, 5.41) is 0. The Hall–Kier alpha value is -2.44. The molecule has 0 bridgehead atoms. The highest BCUT2D eigenvalue weighted by molar-refractivity contribution is 5.95. The molecule has 2 heterocycles. The summed E-state index contributed by atoms with van der Waals surface area (Å²) in [5.74, 6) is 0.716. The topological polar surface area (TPSA) is 54.9 Å². The predicted molar refractivity (Wildman–Crippen MR) is 105 cm³/mol. The maximum atomic E-state index is 12.9. The van der Waals surface area contributed by atoms with Gasteiger partial charge in [0.15, 0.2) is 0 Å². The molecular formula is C21H27N3O3. The number of carbonyl (C=O) groups excluding carboxylic acids is 1. The van der Waals surface area contributed by atoms with Crippen LogP contribution in [0.2, 0.25) is 0 Å². The van der Waals surface area contributed by atoms with Crippen molar-refractivity contribution in [2.75, 3.05) is 47.0 Å². The SMILES string of the molecule is COc1cncc(-c2cccc(C(=O)N(C)C[C@H](C)N3CCOCC3)c2)c1. The monoisotopic (exact) mass is 369 g/mol. The van der Waals surface area contributed by atoms with Crippen LogP contribution < -0.4 is 4.74 Å². The normalized spacial score (nSPS) is 16.0. The summed E-state index contributed by atoms with van der Waals surface area (Å²) in [6, 6.07) is 9.86. The highest BCUT2D eigenvalue weighted by Crippen LogP contribution is 2.23. The number of nitrogens with zero attached hydrogens (tertiary/aromatic N) is 3. The van der Waals surface area contributed by atoms with Crippen LogP contribution in [0.5, 0.6) is 5.75 Å². The van der Waals surface area contributed by atoms with Crippen molar-refractivity contribution in [2.45, 2.75) is 13.0 Å². The average Bonchev–Trinajstić information content (AvgIpc) is 2.73. The van der Waals surface area contributed by atoms with Gasteiger partial charge < -0.3 is 14.4 Å². The summed E-state index contributed by atoms with van der Waals surface area (Å²) >= 11 is 0. The van der Waals surface area contributed by atoms with E-state index in [2.05, 4.69) is 16.8 Å². The lowest BCUT2D eigenvalue weighted by Gasteiger charge is -2.34. The van der Waals surface area contributed by atoms with Crippen molar-refractivity contribution in [1.29, 1.82) is 0 Å². The zero-order valence-electron chi connectivity index (χ0n) is 16.2. The molecule has 2 aromatic rings. The Balaban J connectivity index is 1.70. The van der Waals surface area contributed by atoms with Crippen molar-refractivity contribution < 1.29 is 14.3 Å². The van der Waals surface area contributed by atoms with Crippen molar-refractivity contribution in [2.24, 2.45) is 0 Å². The number of rotatable bonds is 6. The highest BCUT2D eigenvalue weighted by Gasteiger charge is 2.21. The molecule has 1 atom stereocenters. The maximum absolute atomic E-state index is 12.9. The number of methoxy groups -OCH3 is 1. The van der Waals surface area contributed by atoms with Crippen LogP contribution in [-0.2, 0) is 4.74 Å². The fourth-order valence-corrected chi connectivity index (χ4v) is 3.35. The van der Waals surface area contributed by atoms with Crippen LogP contribution in [-0.4, -0.2) is 73.7 Å². The number of hydrogen-bond donors (Lipinski definition) is 0. The van der Waals surface area contributed by atoms with E-state index in [0.29, 0.717) is 23.9 Å². The summed E-state index contributed by atoms with van der Waals surface area (Å²) in [5.41, 5.74) is 2.54. The summed E-state index contributed by atoms with van der Waals surface area (Å²) < 4.78 is 10.6. The van der Waals surface area contributed by atoms with E-state index in [4.69, 9.17) is 9.47 Å². The predicted octanol–water partition coefficient (Wildman–Crippen LogP) is 2.55. The average molecular weight is 369 g/mol. The molecular weight excluding hydrogens is 342 g/mol. The number of amides is 1. The van der Waals surface area contributed by atoms with Crippen LogP contribution in [0, 0.1) is 0 Å². The number of hydrogen-bond acceptors (Lipinski definition) is 5. The summed E-state index contributed by atoms with van der Waals surface area (Å²) in [7, 11) is 3.48. The third-order valence-electron chi connectivity index (χ3n) is 4.95. The Morgan fingerprint density at radius 3 is 2.78 bits per heavy atom. The first-order valence-electron chi connectivity index (χ1n) is 9.25. The van der Waals surface area contributed by atoms with Gasteiger partial charge in [-0.3, -0.25) is 14.7 Å². The van der Waals surface area contributed by atoms with E-state index >= 15 is 0 Å². The van der Waals surface area contributed by atoms with E-state index in [0.717, 1.165) is 37.4 Å². The molecule has 6 heteroatoms. The Morgan fingerprint density at radius 2 is 2.04 bits per heavy atom. The van der Waals surface area contributed by atoms with Crippen molar-refractivity contribution in [3.05, 3.63) is 48.3 Å². The first-order chi connectivity index (χ1) is 13.1. The number of ether oxygens (including phenoxy) is 2. The number of morpholine rings is 1. The Bertz CT molecular complexity index is 775. The lowest BCUT2D eigenvalue weighted by molar-refractivity contribution is 0.0142. The van der Waals surface area contributed by atoms with E-state index in [1.165, 1.54) is 0 Å². The largest absolute Gasteiger partial charge is 0.495 e. The van der Waals surface area contributed by atoms with Crippen molar-refractivity contribution >= 4 is 5.91 Å². The maximum Gasteiger partial charge on any atom is 0.253 e. The third kappa shape index (κ3) is 4.84. The number of aromatic nitrogens is 1. The molecule has 6 nitrogen and oxygen atoms in total. The van der Waals surface area contributed by atoms with Crippen LogP contribution in [0.25, 0.3) is 11.1 Å². The van der Waals surface area contributed by atoms with Crippen LogP contribution in [0.15, 0.2) is 42.7 Å². The van der Waals surface area contributed by atoms with Crippen LogP contribution in [0.1, 0.15) is 17.3 Å². The number of benzene rings is 1. The van der Waals surface area contributed by atoms with Gasteiger partial charge in [-0.15, -0.1) is 0 Å². The van der Waals surface area contributed by atoms with Gasteiger partial charge in [-0.05, 0) is 30.7 Å². The second-order valence-electron chi connectivity index (χ2n) is 6.88. The molecule has 1 fully saturated rings. The van der Waals surface area contributed by atoms with E-state index in [1.54, 1.807) is 24.4 Å². The van der Waals surface area contributed by atoms with E-state index in [-0.39, 0.29) is 5.91 Å². The summed E-state index contributed by atoms with van der Waals surface area (Å²) in [4.78, 5) is 21.3. The molecule has 0 radical (unpaired) electrons. The molecule has 0 unspecified atom stereocenters. The van der Waals surface area contributed by atoms with Gasteiger partial charge in [-0.1, -0.05) is 12.1 Å². The molecule has 1 aromatic heterocycles. The molecule has 27 heavy (non-hydrogen) atoms. The van der Waals surface area contributed by atoms with E-state index < -0.39 is 0 Å². The van der Waals surface area contributed by atoms with Gasteiger partial charge in [0, 0.05) is 50.0 Å². The molecule has 144 valence electrons. The van der Waals surface area contributed by atoms with Gasteiger partial charge in [0.25, 0.3) is 5.91 Å². The Kier molecular flexibility index (Phi) is 6.42. The van der Waals surface area contributed by atoms with Gasteiger partial charge in [-0.25, -0.2) is 0 Å². The minimum atomic E-state index is 0.0211. The van der Waals surface area contributed by atoms with Gasteiger partial charge >= 0.3 is 0 Å². The Morgan fingerprint density at radius 1 is 1.26 bits per heavy atom. The number of carbonyl (C=O) groups is 1. The van der Waals surface area contributed by atoms with Gasteiger partial charge in [0.1, 0.15) is 5.75 Å². The molecule has 0 aliphatic carbocycles. The quantitative estimate of drug-likeness (QED) is 0.783. The zero-order valence-corrected chi connectivity index (χ0v) is 16.2. The van der Waals surface area contributed by atoms with Crippen molar-refractivity contribution in [3.8, 4) is 16.9 Å². The Labute approximate surface area is 160 Å². The van der Waals surface area contributed by atoms with Crippen LogP contribution in [0.4, 0.5) is 0 Å². The fourth-order valence-electron chi connectivity index (χ4n) is 3.35. The number of likely N-dealkylation sites (N-methyl/N-ethyl adjacent to an activating group) is 1. The highest BCUT2D eigenvalue weighted by atomic mass is 16.5. The minimum Gasteiger partial charge on any atom is -0.495 e. The second kappa shape index (κ2) is 8.97. The first kappa shape index (κ1) is 19.3. The van der Waals surface area contributed by atoms with Crippen molar-refractivity contribution in [3.63, 3.8) is 0 Å². The second-order valence-corrected chi connectivity index (χ2v) is 6.88. The zero-order chi connectivity index (χ0) is 19.2. The molecule has 1 aromatic carbocycles. The van der Waals surface area contributed by atoms with E-state index in [1.807, 2.05) is 37.4 Å².